The number of nitrogens with one attached hydrogen (secondary N) is 1. The van der Waals surface area contributed by atoms with Crippen molar-refractivity contribution in [2.75, 3.05) is 11.9 Å². The molecule has 3 aromatic heterocycles. The Labute approximate surface area is 185 Å². The van der Waals surface area contributed by atoms with Crippen LogP contribution in [0.5, 0.6) is 0 Å². The standard InChI is InChI=1S/C24H24N4O4/c1-14(2)28-23-19(12-25-28)18(11-20(27-23)21-6-5-9-31-21)24(30)32-13-22(29)26-17-8-7-15(3)16(4)10-17/h5-12,14H,13H2,1-4H3,(H,26,29). The molecule has 1 N–H and O–H groups in total. The number of esters is 1. The molecule has 0 aliphatic carbocycles. The number of amides is 1. The topological polar surface area (TPSA) is 99.2 Å². The summed E-state index contributed by atoms with van der Waals surface area (Å²) in [5, 5.41) is 7.66. The predicted octanol–water partition coefficient (Wildman–Crippen LogP) is 4.68. The third kappa shape index (κ3) is 4.25. The van der Waals surface area contributed by atoms with E-state index in [1.807, 2.05) is 45.9 Å². The smallest absolute Gasteiger partial charge is 0.339 e. The van der Waals surface area contributed by atoms with Gasteiger partial charge >= 0.3 is 5.97 Å². The first kappa shape index (κ1) is 21.3. The highest BCUT2D eigenvalue weighted by atomic mass is 16.5. The summed E-state index contributed by atoms with van der Waals surface area (Å²) in [4.78, 5) is 29.9. The minimum atomic E-state index is -0.635. The molecule has 164 valence electrons. The average Bonchev–Trinajstić information content (AvgIpc) is 3.44. The summed E-state index contributed by atoms with van der Waals surface area (Å²) in [6.45, 7) is 7.50. The van der Waals surface area contributed by atoms with Gasteiger partial charge in [-0.15, -0.1) is 0 Å². The fraction of sp³-hybridized carbons (Fsp3) is 0.250. The van der Waals surface area contributed by atoms with Crippen LogP contribution in [0.4, 0.5) is 5.69 Å². The van der Waals surface area contributed by atoms with Crippen molar-refractivity contribution in [2.24, 2.45) is 0 Å². The van der Waals surface area contributed by atoms with E-state index in [0.717, 1.165) is 11.1 Å². The minimum Gasteiger partial charge on any atom is -0.463 e. The zero-order chi connectivity index (χ0) is 22.8. The van der Waals surface area contributed by atoms with Gasteiger partial charge in [-0.3, -0.25) is 4.79 Å². The molecular formula is C24H24N4O4. The van der Waals surface area contributed by atoms with Crippen molar-refractivity contribution >= 4 is 28.6 Å². The number of carbonyl (C=O) groups is 2. The van der Waals surface area contributed by atoms with Crippen LogP contribution < -0.4 is 5.32 Å². The molecule has 0 bridgehead atoms. The van der Waals surface area contributed by atoms with Crippen LogP contribution in [-0.2, 0) is 9.53 Å². The number of pyridine rings is 1. The third-order valence-electron chi connectivity index (χ3n) is 5.17. The number of benzene rings is 1. The van der Waals surface area contributed by atoms with Gasteiger partial charge in [-0.2, -0.15) is 5.10 Å². The lowest BCUT2D eigenvalue weighted by atomic mass is 10.1. The van der Waals surface area contributed by atoms with Crippen molar-refractivity contribution in [3.05, 3.63) is 65.5 Å². The van der Waals surface area contributed by atoms with Crippen molar-refractivity contribution in [2.45, 2.75) is 33.7 Å². The number of anilines is 1. The molecule has 1 amide bonds. The zero-order valence-corrected chi connectivity index (χ0v) is 18.4. The van der Waals surface area contributed by atoms with Crippen LogP contribution in [0.25, 0.3) is 22.5 Å². The molecule has 0 spiro atoms. The number of furan rings is 1. The van der Waals surface area contributed by atoms with E-state index in [2.05, 4.69) is 15.4 Å². The Balaban J connectivity index is 1.57. The highest BCUT2D eigenvalue weighted by molar-refractivity contribution is 6.04. The van der Waals surface area contributed by atoms with E-state index in [1.165, 1.54) is 6.26 Å². The van der Waals surface area contributed by atoms with Gasteiger partial charge in [-0.05, 0) is 69.2 Å². The molecule has 1 aromatic carbocycles. The molecule has 0 aliphatic rings. The van der Waals surface area contributed by atoms with Gasteiger partial charge in [0.15, 0.2) is 18.0 Å². The Morgan fingerprint density at radius 1 is 1.16 bits per heavy atom. The Morgan fingerprint density at radius 3 is 2.66 bits per heavy atom. The summed E-state index contributed by atoms with van der Waals surface area (Å²) in [5.41, 5.74) is 4.14. The second-order valence-electron chi connectivity index (χ2n) is 7.88. The number of ether oxygens (including phenoxy) is 1. The van der Waals surface area contributed by atoms with Crippen molar-refractivity contribution < 1.29 is 18.7 Å². The number of rotatable bonds is 6. The summed E-state index contributed by atoms with van der Waals surface area (Å²) in [6, 6.07) is 10.7. The quantitative estimate of drug-likeness (QED) is 0.444. The number of aryl methyl sites for hydroxylation is 2. The molecule has 4 aromatic rings. The molecular weight excluding hydrogens is 408 g/mol. The molecule has 8 nitrogen and oxygen atoms in total. The van der Waals surface area contributed by atoms with Crippen LogP contribution in [-0.4, -0.2) is 33.2 Å². The maximum absolute atomic E-state index is 12.9. The van der Waals surface area contributed by atoms with Crippen LogP contribution in [0.3, 0.4) is 0 Å². The molecule has 0 fully saturated rings. The number of nitrogens with zero attached hydrogens (tertiary/aromatic N) is 3. The summed E-state index contributed by atoms with van der Waals surface area (Å²) < 4.78 is 12.5. The maximum Gasteiger partial charge on any atom is 0.339 e. The monoisotopic (exact) mass is 432 g/mol. The fourth-order valence-corrected chi connectivity index (χ4v) is 3.34. The normalized spacial score (nSPS) is 11.2. The van der Waals surface area contributed by atoms with Gasteiger partial charge in [0.2, 0.25) is 0 Å². The second-order valence-corrected chi connectivity index (χ2v) is 7.88. The Morgan fingerprint density at radius 2 is 1.97 bits per heavy atom. The molecule has 0 saturated carbocycles. The first-order valence-electron chi connectivity index (χ1n) is 10.3. The molecule has 0 saturated heterocycles. The third-order valence-corrected chi connectivity index (χ3v) is 5.17. The number of carbonyl (C=O) groups excluding carboxylic acids is 2. The van der Waals surface area contributed by atoms with E-state index in [9.17, 15) is 9.59 Å². The van der Waals surface area contributed by atoms with Gasteiger partial charge < -0.3 is 14.5 Å². The Kier molecular flexibility index (Phi) is 5.77. The zero-order valence-electron chi connectivity index (χ0n) is 18.4. The lowest BCUT2D eigenvalue weighted by Gasteiger charge is -2.10. The van der Waals surface area contributed by atoms with Crippen molar-refractivity contribution in [1.29, 1.82) is 0 Å². The second kappa shape index (κ2) is 8.66. The van der Waals surface area contributed by atoms with Crippen LogP contribution >= 0.6 is 0 Å². The summed E-state index contributed by atoms with van der Waals surface area (Å²) in [7, 11) is 0. The first-order chi connectivity index (χ1) is 15.3. The maximum atomic E-state index is 12.9. The largest absolute Gasteiger partial charge is 0.463 e. The molecule has 4 rings (SSSR count). The lowest BCUT2D eigenvalue weighted by Crippen LogP contribution is -2.21. The van der Waals surface area contributed by atoms with Crippen LogP contribution in [0.1, 0.15) is 41.4 Å². The molecule has 0 radical (unpaired) electrons. The molecule has 8 heteroatoms. The highest BCUT2D eigenvalue weighted by Gasteiger charge is 2.21. The van der Waals surface area contributed by atoms with E-state index in [-0.39, 0.29) is 11.6 Å². The molecule has 0 aliphatic heterocycles. The molecule has 3 heterocycles. The van der Waals surface area contributed by atoms with E-state index in [4.69, 9.17) is 9.15 Å². The SMILES string of the molecule is Cc1ccc(NC(=O)COC(=O)c2cc(-c3ccco3)nc3c2cnn3C(C)C)cc1C. The van der Waals surface area contributed by atoms with E-state index in [0.29, 0.717) is 28.2 Å². The van der Waals surface area contributed by atoms with Gasteiger partial charge in [0.25, 0.3) is 5.91 Å². The van der Waals surface area contributed by atoms with Gasteiger partial charge in [-0.25, -0.2) is 14.5 Å². The van der Waals surface area contributed by atoms with Crippen LogP contribution in [0, 0.1) is 13.8 Å². The van der Waals surface area contributed by atoms with Crippen LogP contribution in [0.15, 0.2) is 53.3 Å². The summed E-state index contributed by atoms with van der Waals surface area (Å²) >= 11 is 0. The van der Waals surface area contributed by atoms with E-state index >= 15 is 0 Å². The van der Waals surface area contributed by atoms with Gasteiger partial charge in [-0.1, -0.05) is 6.07 Å². The molecule has 32 heavy (non-hydrogen) atoms. The van der Waals surface area contributed by atoms with Gasteiger partial charge in [0.05, 0.1) is 23.4 Å². The summed E-state index contributed by atoms with van der Waals surface area (Å²) in [5.74, 6) is -0.537. The van der Waals surface area contributed by atoms with Crippen molar-refractivity contribution in [3.63, 3.8) is 0 Å². The fourth-order valence-electron chi connectivity index (χ4n) is 3.34. The number of fused-ring (bicyclic) bond motifs is 1. The van der Waals surface area contributed by atoms with Gasteiger partial charge in [0.1, 0.15) is 5.69 Å². The lowest BCUT2D eigenvalue weighted by molar-refractivity contribution is -0.119. The van der Waals surface area contributed by atoms with E-state index < -0.39 is 18.5 Å². The van der Waals surface area contributed by atoms with Crippen molar-refractivity contribution in [3.8, 4) is 11.5 Å². The Hall–Kier alpha value is -3.94. The molecule has 0 unspecified atom stereocenters. The van der Waals surface area contributed by atoms with Crippen LogP contribution in [0.2, 0.25) is 0 Å². The Bertz CT molecular complexity index is 1290. The number of aromatic nitrogens is 3. The minimum absolute atomic E-state index is 0.0412. The summed E-state index contributed by atoms with van der Waals surface area (Å²) in [6.07, 6.45) is 3.12. The van der Waals surface area contributed by atoms with E-state index in [1.54, 1.807) is 29.1 Å². The molecule has 0 atom stereocenters. The number of hydrogen-bond donors (Lipinski definition) is 1. The van der Waals surface area contributed by atoms with Gasteiger partial charge in [0, 0.05) is 11.7 Å². The van der Waals surface area contributed by atoms with Crippen molar-refractivity contribution in [1.82, 2.24) is 14.8 Å². The highest BCUT2D eigenvalue weighted by Crippen LogP contribution is 2.27. The first-order valence-corrected chi connectivity index (χ1v) is 10.3. The average molecular weight is 432 g/mol. The number of hydrogen-bond acceptors (Lipinski definition) is 6. The predicted molar refractivity (Wildman–Crippen MR) is 120 cm³/mol.